The molecule has 2 aromatic rings. The van der Waals surface area contributed by atoms with Crippen LogP contribution in [0.4, 0.5) is 0 Å². The predicted molar refractivity (Wildman–Crippen MR) is 111 cm³/mol. The zero-order chi connectivity index (χ0) is 19.3. The molecular weight excluding hydrogens is 372 g/mol. The van der Waals surface area contributed by atoms with Crippen LogP contribution in [0.1, 0.15) is 36.0 Å². The highest BCUT2D eigenvalue weighted by Gasteiger charge is 2.26. The number of quaternary nitrogens is 1. The number of nitrogens with one attached hydrogen (secondary N) is 2. The Hall–Kier alpha value is -2.04. The van der Waals surface area contributed by atoms with Crippen LogP contribution in [0, 0.1) is 5.92 Å². The van der Waals surface area contributed by atoms with Crippen molar-refractivity contribution in [1.29, 1.82) is 0 Å². The second kappa shape index (κ2) is 8.97. The van der Waals surface area contributed by atoms with Crippen LogP contribution in [0.15, 0.2) is 42.5 Å². The Kier molecular flexibility index (Phi) is 6.18. The molecule has 1 fully saturated rings. The van der Waals surface area contributed by atoms with Gasteiger partial charge in [0.15, 0.2) is 0 Å². The molecule has 2 heterocycles. The molecule has 2 aliphatic heterocycles. The maximum Gasteiger partial charge on any atom is 0.227 e. The van der Waals surface area contributed by atoms with Crippen LogP contribution >= 0.6 is 11.6 Å². The van der Waals surface area contributed by atoms with Gasteiger partial charge < -0.3 is 15.0 Å². The van der Waals surface area contributed by atoms with E-state index in [2.05, 4.69) is 29.6 Å². The van der Waals surface area contributed by atoms with Crippen LogP contribution in [-0.4, -0.2) is 25.6 Å². The van der Waals surface area contributed by atoms with Crippen molar-refractivity contribution >= 4 is 17.5 Å². The SMILES string of the molecule is O=C(NCc1ccc(C[NH+]2CCCCC2)cc1)[C@@H]1COc2ccc(Cl)cc2C1. The van der Waals surface area contributed by atoms with Crippen molar-refractivity contribution in [1.82, 2.24) is 5.32 Å². The molecule has 0 aliphatic carbocycles. The average molecular weight is 400 g/mol. The number of halogens is 1. The van der Waals surface area contributed by atoms with E-state index in [0.717, 1.165) is 23.4 Å². The van der Waals surface area contributed by atoms with E-state index in [-0.39, 0.29) is 11.8 Å². The van der Waals surface area contributed by atoms with Crippen molar-refractivity contribution in [3.63, 3.8) is 0 Å². The normalized spacial score (nSPS) is 19.5. The molecule has 1 amide bonds. The maximum atomic E-state index is 12.6. The van der Waals surface area contributed by atoms with Gasteiger partial charge in [-0.25, -0.2) is 0 Å². The summed E-state index contributed by atoms with van der Waals surface area (Å²) in [4.78, 5) is 14.3. The van der Waals surface area contributed by atoms with Gasteiger partial charge in [-0.1, -0.05) is 35.9 Å². The first kappa shape index (κ1) is 19.3. The van der Waals surface area contributed by atoms with Crippen molar-refractivity contribution in [2.75, 3.05) is 19.7 Å². The summed E-state index contributed by atoms with van der Waals surface area (Å²) in [5, 5.41) is 3.73. The largest absolute Gasteiger partial charge is 0.492 e. The monoisotopic (exact) mass is 399 g/mol. The molecule has 4 nitrogen and oxygen atoms in total. The lowest BCUT2D eigenvalue weighted by molar-refractivity contribution is -0.918. The highest BCUT2D eigenvalue weighted by atomic mass is 35.5. The molecular formula is C23H28ClN2O2+. The number of piperidine rings is 1. The van der Waals surface area contributed by atoms with E-state index < -0.39 is 0 Å². The summed E-state index contributed by atoms with van der Waals surface area (Å²) < 4.78 is 5.73. The predicted octanol–water partition coefficient (Wildman–Crippen LogP) is 2.78. The third kappa shape index (κ3) is 4.86. The van der Waals surface area contributed by atoms with Crippen LogP contribution in [0.2, 0.25) is 5.02 Å². The Labute approximate surface area is 171 Å². The highest BCUT2D eigenvalue weighted by molar-refractivity contribution is 6.30. The van der Waals surface area contributed by atoms with Crippen molar-refractivity contribution in [3.8, 4) is 5.75 Å². The van der Waals surface area contributed by atoms with Gasteiger partial charge in [-0.2, -0.15) is 0 Å². The lowest BCUT2D eigenvalue weighted by Crippen LogP contribution is -3.11. The number of benzene rings is 2. The first-order valence-electron chi connectivity index (χ1n) is 10.3. The van der Waals surface area contributed by atoms with E-state index in [1.54, 1.807) is 4.90 Å². The maximum absolute atomic E-state index is 12.6. The number of ether oxygens (including phenoxy) is 1. The number of carbonyl (C=O) groups is 1. The molecule has 5 heteroatoms. The minimum absolute atomic E-state index is 0.0347. The smallest absolute Gasteiger partial charge is 0.227 e. The number of carbonyl (C=O) groups excluding carboxylic acids is 1. The molecule has 4 rings (SSSR count). The molecule has 0 spiro atoms. The summed E-state index contributed by atoms with van der Waals surface area (Å²) in [5.41, 5.74) is 3.51. The number of hydrogen-bond donors (Lipinski definition) is 2. The van der Waals surface area contributed by atoms with Gasteiger partial charge in [0.1, 0.15) is 18.9 Å². The summed E-state index contributed by atoms with van der Waals surface area (Å²) in [6, 6.07) is 14.2. The number of rotatable bonds is 5. The van der Waals surface area contributed by atoms with Crippen LogP contribution in [0.5, 0.6) is 5.75 Å². The standard InChI is InChI=1S/C23H27ClN2O2/c24-21-8-9-22-19(13-21)12-20(16-28-22)23(27)25-14-17-4-6-18(7-5-17)15-26-10-2-1-3-11-26/h4-9,13,20H,1-3,10-12,14-16H2,(H,25,27)/p+1/t20-/m0/s1. The van der Waals surface area contributed by atoms with Gasteiger partial charge in [0.25, 0.3) is 0 Å². The van der Waals surface area contributed by atoms with Gasteiger partial charge in [-0.15, -0.1) is 0 Å². The molecule has 2 N–H and O–H groups in total. The number of hydrogen-bond acceptors (Lipinski definition) is 2. The zero-order valence-corrected chi connectivity index (χ0v) is 16.9. The first-order valence-corrected chi connectivity index (χ1v) is 10.7. The number of amides is 1. The Morgan fingerprint density at radius 1 is 1.07 bits per heavy atom. The summed E-state index contributed by atoms with van der Waals surface area (Å²) in [6.45, 7) is 4.64. The summed E-state index contributed by atoms with van der Waals surface area (Å²) >= 11 is 6.06. The molecule has 148 valence electrons. The van der Waals surface area contributed by atoms with Gasteiger partial charge in [-0.05, 0) is 55.0 Å². The van der Waals surface area contributed by atoms with E-state index in [4.69, 9.17) is 16.3 Å². The topological polar surface area (TPSA) is 42.8 Å². The quantitative estimate of drug-likeness (QED) is 0.811. The minimum atomic E-state index is -0.173. The van der Waals surface area contributed by atoms with Crippen LogP contribution < -0.4 is 15.0 Å². The van der Waals surface area contributed by atoms with Gasteiger partial charge in [-0.3, -0.25) is 4.79 Å². The lowest BCUT2D eigenvalue weighted by atomic mass is 9.96. The highest BCUT2D eigenvalue weighted by Crippen LogP contribution is 2.29. The van der Waals surface area contributed by atoms with E-state index in [0.29, 0.717) is 24.6 Å². The van der Waals surface area contributed by atoms with E-state index >= 15 is 0 Å². The molecule has 1 saturated heterocycles. The van der Waals surface area contributed by atoms with Gasteiger partial charge >= 0.3 is 0 Å². The third-order valence-electron chi connectivity index (χ3n) is 5.80. The molecule has 2 aromatic carbocycles. The third-order valence-corrected chi connectivity index (χ3v) is 6.04. The molecule has 28 heavy (non-hydrogen) atoms. The summed E-state index contributed by atoms with van der Waals surface area (Å²) in [6.07, 6.45) is 4.74. The van der Waals surface area contributed by atoms with Crippen LogP contribution in [0.25, 0.3) is 0 Å². The Morgan fingerprint density at radius 2 is 1.82 bits per heavy atom. The van der Waals surface area contributed by atoms with E-state index in [1.165, 1.54) is 37.9 Å². The minimum Gasteiger partial charge on any atom is -0.492 e. The fourth-order valence-electron chi connectivity index (χ4n) is 4.16. The summed E-state index contributed by atoms with van der Waals surface area (Å²) in [7, 11) is 0. The lowest BCUT2D eigenvalue weighted by Gasteiger charge is -2.25. The average Bonchev–Trinajstić information content (AvgIpc) is 2.73. The van der Waals surface area contributed by atoms with Gasteiger partial charge in [0.2, 0.25) is 5.91 Å². The number of likely N-dealkylation sites (tertiary alicyclic amines) is 1. The molecule has 2 aliphatic rings. The van der Waals surface area contributed by atoms with E-state index in [1.807, 2.05) is 18.2 Å². The molecule has 0 aromatic heterocycles. The van der Waals surface area contributed by atoms with Crippen molar-refractivity contribution in [3.05, 3.63) is 64.2 Å². The number of fused-ring (bicyclic) bond motifs is 1. The van der Waals surface area contributed by atoms with Gasteiger partial charge in [0.05, 0.1) is 19.0 Å². The molecule has 1 atom stereocenters. The van der Waals surface area contributed by atoms with E-state index in [9.17, 15) is 4.79 Å². The van der Waals surface area contributed by atoms with Crippen LogP contribution in [-0.2, 0) is 24.3 Å². The zero-order valence-electron chi connectivity index (χ0n) is 16.2. The van der Waals surface area contributed by atoms with Crippen molar-refractivity contribution < 1.29 is 14.4 Å². The molecule has 0 saturated carbocycles. The fraction of sp³-hybridized carbons (Fsp3) is 0.435. The Bertz CT molecular complexity index is 816. The molecule has 0 bridgehead atoms. The molecule has 0 radical (unpaired) electrons. The Balaban J connectivity index is 1.27. The second-order valence-corrected chi connectivity index (χ2v) is 8.42. The van der Waals surface area contributed by atoms with Crippen LogP contribution in [0.3, 0.4) is 0 Å². The van der Waals surface area contributed by atoms with Crippen molar-refractivity contribution in [2.24, 2.45) is 5.92 Å². The van der Waals surface area contributed by atoms with Crippen molar-refractivity contribution in [2.45, 2.75) is 38.8 Å². The van der Waals surface area contributed by atoms with Gasteiger partial charge in [0, 0.05) is 17.1 Å². The molecule has 0 unspecified atom stereocenters. The fourth-order valence-corrected chi connectivity index (χ4v) is 4.35. The summed E-state index contributed by atoms with van der Waals surface area (Å²) in [5.74, 6) is 0.695. The first-order chi connectivity index (χ1) is 13.7. The Morgan fingerprint density at radius 3 is 2.61 bits per heavy atom. The second-order valence-electron chi connectivity index (χ2n) is 7.99.